The number of rotatable bonds is 6. The normalized spacial score (nSPS) is 14.9. The van der Waals surface area contributed by atoms with E-state index in [0.717, 1.165) is 89.6 Å². The predicted molar refractivity (Wildman–Crippen MR) is 310 cm³/mol. The molecule has 0 bridgehead atoms. The van der Waals surface area contributed by atoms with Crippen molar-refractivity contribution in [2.24, 2.45) is 0 Å². The van der Waals surface area contributed by atoms with Crippen molar-refractivity contribution in [3.63, 3.8) is 0 Å². The maximum Gasteiger partial charge on any atom is 0.268 e. The molecule has 0 amide bonds. The van der Waals surface area contributed by atoms with Gasteiger partial charge in [-0.25, -0.2) is 4.98 Å². The monoisotopic (exact) mass is 1180 g/mol. The molecule has 6 heteroatoms. The third kappa shape index (κ3) is 7.84. The molecule has 9 aromatic carbocycles. The Morgan fingerprint density at radius 2 is 1.21 bits per heavy atom. The molecule has 12 aromatic rings. The molecule has 14 rings (SSSR count). The van der Waals surface area contributed by atoms with Crippen molar-refractivity contribution in [1.82, 2.24) is 14.1 Å². The molecule has 0 atom stereocenters. The topological polar surface area (TPSA) is 35.9 Å². The van der Waals surface area contributed by atoms with Crippen LogP contribution < -0.4 is 9.30 Å². The molecular weight excluding hydrogens is 1120 g/mol. The Balaban J connectivity index is 0.00000631. The first-order chi connectivity index (χ1) is 38.9. The fraction of sp³-hybridized carbons (Fsp3) is 0.155. The summed E-state index contributed by atoms with van der Waals surface area (Å²) in [5.41, 5.74) is 16.7. The zero-order valence-electron chi connectivity index (χ0n) is 48.9. The molecule has 0 spiro atoms. The summed E-state index contributed by atoms with van der Waals surface area (Å²) in [6.45, 7) is 15.9. The van der Waals surface area contributed by atoms with Crippen LogP contribution in [0.2, 0.25) is 0 Å². The van der Waals surface area contributed by atoms with Crippen LogP contribution in [0, 0.1) is 18.5 Å². The number of hydrogen-bond acceptors (Lipinski definition) is 2. The van der Waals surface area contributed by atoms with Gasteiger partial charge in [-0.15, -0.1) is 29.7 Å². The summed E-state index contributed by atoms with van der Waals surface area (Å²) in [5.74, 6) is 1.77. The quantitative estimate of drug-likeness (QED) is 0.123. The van der Waals surface area contributed by atoms with Crippen LogP contribution in [0.15, 0.2) is 200 Å². The van der Waals surface area contributed by atoms with Gasteiger partial charge < -0.3 is 13.9 Å². The van der Waals surface area contributed by atoms with Crippen LogP contribution in [0.3, 0.4) is 0 Å². The maximum atomic E-state index is 9.56. The molecule has 2 aliphatic rings. The van der Waals surface area contributed by atoms with Crippen LogP contribution in [-0.2, 0) is 37.3 Å². The summed E-state index contributed by atoms with van der Waals surface area (Å²) < 4.78 is 58.7. The second-order valence-electron chi connectivity index (χ2n) is 22.7. The molecule has 5 nitrogen and oxygen atoms in total. The van der Waals surface area contributed by atoms with Crippen molar-refractivity contribution in [1.29, 1.82) is 0 Å². The van der Waals surface area contributed by atoms with E-state index >= 15 is 0 Å². The van der Waals surface area contributed by atoms with Crippen molar-refractivity contribution in [3.05, 3.63) is 235 Å². The van der Waals surface area contributed by atoms with Gasteiger partial charge in [-0.2, -0.15) is 18.2 Å². The standard InChI is InChI=1S/C71H56N4O.Pt/c1-69(2,3)46-36-37-72-66(38-46)75-62-29-16-15-28-55(62)56-33-32-49(40-65(56)75)76-48-23-19-22-47(39-48)73-44-74(64-31-18-17-30-63(64)73)68-50(45-20-9-8-10-21-45)34-35-57-53-26-13-11-24-51(53)52-25-12-14-27-54(52)58-41-60-61(42-59(58)67(57)68)71(6,7)43-70(60,4)5;/h8-38,41-42H,43H2,1-7H3;/q-2;/i8D,9D,10D,20D,21D;. The van der Waals surface area contributed by atoms with Crippen LogP contribution in [0.25, 0.3) is 106 Å². The summed E-state index contributed by atoms with van der Waals surface area (Å²) in [4.78, 5) is 4.88. The molecule has 0 saturated carbocycles. The molecule has 0 radical (unpaired) electrons. The van der Waals surface area contributed by atoms with Crippen LogP contribution in [0.5, 0.6) is 11.5 Å². The summed E-state index contributed by atoms with van der Waals surface area (Å²) >= 11 is 0. The molecule has 0 unspecified atom stereocenters. The van der Waals surface area contributed by atoms with Crippen LogP contribution >= 0.6 is 0 Å². The smallest absolute Gasteiger partial charge is 0.268 e. The van der Waals surface area contributed by atoms with E-state index in [-0.39, 0.29) is 55.0 Å². The van der Waals surface area contributed by atoms with Crippen LogP contribution in [-0.4, -0.2) is 14.1 Å². The van der Waals surface area contributed by atoms with Crippen molar-refractivity contribution in [2.75, 3.05) is 0 Å². The van der Waals surface area contributed by atoms with Gasteiger partial charge in [-0.3, -0.25) is 4.57 Å². The molecule has 3 aromatic heterocycles. The van der Waals surface area contributed by atoms with E-state index in [1.54, 1.807) is 0 Å². The third-order valence-electron chi connectivity index (χ3n) is 15.8. The summed E-state index contributed by atoms with van der Waals surface area (Å²) in [6, 6.07) is 61.8. The molecular formula is C71H56N4OPt-2. The van der Waals surface area contributed by atoms with Gasteiger partial charge in [0.2, 0.25) is 0 Å². The molecule has 77 heavy (non-hydrogen) atoms. The molecule has 0 fully saturated rings. The third-order valence-corrected chi connectivity index (χ3v) is 15.8. The minimum absolute atomic E-state index is 0. The van der Waals surface area contributed by atoms with Gasteiger partial charge in [-0.05, 0) is 125 Å². The zero-order chi connectivity index (χ0) is 56.0. The van der Waals surface area contributed by atoms with E-state index in [1.807, 2.05) is 76.0 Å². The first-order valence-corrected chi connectivity index (χ1v) is 26.1. The Kier molecular flexibility index (Phi) is 10.1. The van der Waals surface area contributed by atoms with Gasteiger partial charge in [0.15, 0.2) is 0 Å². The molecule has 0 aliphatic heterocycles. The number of para-hydroxylation sites is 3. The van der Waals surface area contributed by atoms with Gasteiger partial charge in [-0.1, -0.05) is 193 Å². The Hall–Kier alpha value is -8.11. The van der Waals surface area contributed by atoms with Crippen molar-refractivity contribution in [2.45, 2.75) is 71.1 Å². The number of imidazole rings is 1. The van der Waals surface area contributed by atoms with Crippen LogP contribution in [0.4, 0.5) is 0 Å². The van der Waals surface area contributed by atoms with Crippen molar-refractivity contribution < 1.29 is 37.2 Å². The van der Waals surface area contributed by atoms with E-state index in [2.05, 4.69) is 175 Å². The molecule has 378 valence electrons. The summed E-state index contributed by atoms with van der Waals surface area (Å²) in [7, 11) is 0. The van der Waals surface area contributed by atoms with Gasteiger partial charge in [0, 0.05) is 49.8 Å². The summed E-state index contributed by atoms with van der Waals surface area (Å²) in [6.07, 6.45) is 6.63. The van der Waals surface area contributed by atoms with E-state index < -0.39 is 18.1 Å². The van der Waals surface area contributed by atoms with Gasteiger partial charge >= 0.3 is 0 Å². The van der Waals surface area contributed by atoms with E-state index in [9.17, 15) is 2.74 Å². The Labute approximate surface area is 472 Å². The second-order valence-corrected chi connectivity index (χ2v) is 22.7. The number of hydrogen-bond donors (Lipinski definition) is 0. The Morgan fingerprint density at radius 1 is 0.584 bits per heavy atom. The Morgan fingerprint density at radius 3 is 1.94 bits per heavy atom. The number of fused-ring (bicyclic) bond motifs is 13. The largest absolute Gasteiger partial charge is 0.510 e. The van der Waals surface area contributed by atoms with E-state index in [4.69, 9.17) is 13.8 Å². The number of nitrogens with zero attached hydrogens (tertiary/aromatic N) is 4. The fourth-order valence-electron chi connectivity index (χ4n) is 12.6. The second kappa shape index (κ2) is 18.0. The van der Waals surface area contributed by atoms with Crippen molar-refractivity contribution in [3.8, 4) is 84.3 Å². The van der Waals surface area contributed by atoms with E-state index in [1.165, 1.54) is 16.7 Å². The number of benzene rings is 9. The molecule has 0 N–H and O–H groups in total. The first-order valence-electron chi connectivity index (χ1n) is 28.6. The van der Waals surface area contributed by atoms with Crippen molar-refractivity contribution >= 4 is 32.8 Å². The van der Waals surface area contributed by atoms with E-state index in [0.29, 0.717) is 28.4 Å². The Bertz CT molecular complexity index is 4630. The average molecular weight is 1180 g/mol. The van der Waals surface area contributed by atoms with Crippen LogP contribution in [0.1, 0.15) is 78.4 Å². The maximum absolute atomic E-state index is 9.56. The number of pyridine rings is 1. The summed E-state index contributed by atoms with van der Waals surface area (Å²) in [5, 5.41) is 2.12. The average Bonchev–Trinajstić information content (AvgIpc) is 2.88. The first kappa shape index (κ1) is 43.0. The number of ether oxygens (including phenoxy) is 1. The minimum Gasteiger partial charge on any atom is -0.510 e. The fourth-order valence-corrected chi connectivity index (χ4v) is 12.6. The molecule has 0 saturated heterocycles. The van der Waals surface area contributed by atoms with Gasteiger partial charge in [0.05, 0.1) is 23.6 Å². The van der Waals surface area contributed by atoms with Gasteiger partial charge in [0.25, 0.3) is 6.33 Å². The van der Waals surface area contributed by atoms with Gasteiger partial charge in [0.1, 0.15) is 5.82 Å². The SMILES string of the molecule is [2H]c1c([2H])c([2H])c(-c2ccc3c(c2-[n+]2[c-]n(-c4[c-]c(Oc5[c-]c6c(cc5)c5ccccc5n6-c5cc(C(C)(C)C)ccn5)ccc4)c4ccccc42)-c2cc4c(cc2-c2ccccc2-c2ccccc2-3)C(C)(C)CC4(C)C)c([2H])c1[2H].[Pt]. The molecule has 2 aliphatic carbocycles. The molecule has 3 heterocycles. The predicted octanol–water partition coefficient (Wildman–Crippen LogP) is 17.5. The number of aromatic nitrogens is 4. The minimum atomic E-state index is -0.450. The zero-order valence-corrected chi connectivity index (χ0v) is 46.2.